The second-order valence-electron chi connectivity index (χ2n) is 4.44. The number of rotatable bonds is 2. The fourth-order valence-electron chi connectivity index (χ4n) is 2.34. The number of anilines is 1. The van der Waals surface area contributed by atoms with Gasteiger partial charge in [0.25, 0.3) is 0 Å². The third-order valence-corrected chi connectivity index (χ3v) is 3.32. The van der Waals surface area contributed by atoms with Crippen LogP contribution in [0.2, 0.25) is 0 Å². The molecule has 0 unspecified atom stereocenters. The van der Waals surface area contributed by atoms with Crippen molar-refractivity contribution in [1.29, 1.82) is 0 Å². The van der Waals surface area contributed by atoms with Crippen LogP contribution in [0.25, 0.3) is 11.0 Å². The highest BCUT2D eigenvalue weighted by Gasteiger charge is 2.43. The average Bonchev–Trinajstić information content (AvgIpc) is 2.94. The number of nitrogens with two attached hydrogens (primary N) is 1. The summed E-state index contributed by atoms with van der Waals surface area (Å²) < 4.78 is 7.01. The second kappa shape index (κ2) is 4.42. The first kappa shape index (κ1) is 12.3. The van der Waals surface area contributed by atoms with Crippen molar-refractivity contribution in [1.82, 2.24) is 14.5 Å². The van der Waals surface area contributed by atoms with E-state index in [1.165, 1.54) is 6.33 Å². The van der Waals surface area contributed by atoms with Crippen LogP contribution in [0.1, 0.15) is 6.23 Å². The van der Waals surface area contributed by atoms with Crippen molar-refractivity contribution in [3.05, 3.63) is 18.6 Å². The van der Waals surface area contributed by atoms with E-state index in [-0.39, 0.29) is 12.4 Å². The molecule has 0 aromatic carbocycles. The lowest BCUT2D eigenvalue weighted by Gasteiger charge is -2.18. The van der Waals surface area contributed by atoms with E-state index >= 15 is 0 Å². The number of aliphatic hydroxyl groups excluding tert-OH is 3. The van der Waals surface area contributed by atoms with Gasteiger partial charge in [0.2, 0.25) is 0 Å². The average molecular weight is 266 g/mol. The molecule has 0 saturated carbocycles. The molecule has 1 saturated heterocycles. The summed E-state index contributed by atoms with van der Waals surface area (Å²) in [5.41, 5.74) is 6.94. The third kappa shape index (κ3) is 1.77. The predicted molar refractivity (Wildman–Crippen MR) is 64.9 cm³/mol. The first-order valence-electron chi connectivity index (χ1n) is 5.83. The van der Waals surface area contributed by atoms with Gasteiger partial charge >= 0.3 is 0 Å². The molecule has 1 fully saturated rings. The van der Waals surface area contributed by atoms with E-state index in [0.29, 0.717) is 11.0 Å². The number of fused-ring (bicyclic) bond motifs is 1. The van der Waals surface area contributed by atoms with Crippen molar-refractivity contribution in [2.45, 2.75) is 24.5 Å². The van der Waals surface area contributed by atoms with Crippen molar-refractivity contribution >= 4 is 16.9 Å². The number of aromatic nitrogens is 3. The van der Waals surface area contributed by atoms with Crippen LogP contribution >= 0.6 is 0 Å². The van der Waals surface area contributed by atoms with Gasteiger partial charge in [0, 0.05) is 6.20 Å². The molecule has 5 N–H and O–H groups in total. The Hall–Kier alpha value is -1.74. The Bertz CT molecular complexity index is 601. The Balaban J connectivity index is 2.06. The first-order valence-corrected chi connectivity index (χ1v) is 5.83. The smallest absolute Gasteiger partial charge is 0.163 e. The Morgan fingerprint density at radius 2 is 2.11 bits per heavy atom. The minimum Gasteiger partial charge on any atom is -0.394 e. The summed E-state index contributed by atoms with van der Waals surface area (Å²) in [6, 6.07) is 1.71. The largest absolute Gasteiger partial charge is 0.394 e. The van der Waals surface area contributed by atoms with Crippen LogP contribution in [0.15, 0.2) is 18.6 Å². The van der Waals surface area contributed by atoms with E-state index in [9.17, 15) is 10.2 Å². The van der Waals surface area contributed by atoms with Gasteiger partial charge < -0.3 is 30.4 Å². The number of aliphatic hydroxyl groups is 3. The molecular formula is C11H14N4O4. The molecule has 0 radical (unpaired) electrons. The standard InChI is InChI=1S/C11H14N4O4/c12-10-7-5(13-4-14-10)1-2-15(7)11-9(18)8(17)6(3-16)19-11/h1-2,4,6,8-9,11,16-18H,3H2,(H2,12,13,14)/t6-,8-,9+,11-/m1/s1. The maximum absolute atomic E-state index is 9.99. The van der Waals surface area contributed by atoms with Crippen molar-refractivity contribution < 1.29 is 20.1 Å². The van der Waals surface area contributed by atoms with Gasteiger partial charge in [0.1, 0.15) is 30.2 Å². The zero-order valence-electron chi connectivity index (χ0n) is 9.92. The summed E-state index contributed by atoms with van der Waals surface area (Å²) in [4.78, 5) is 7.95. The van der Waals surface area contributed by atoms with E-state index in [2.05, 4.69) is 9.97 Å². The molecule has 8 heteroatoms. The fourth-order valence-corrected chi connectivity index (χ4v) is 2.34. The summed E-state index contributed by atoms with van der Waals surface area (Å²) in [7, 11) is 0. The van der Waals surface area contributed by atoms with Crippen molar-refractivity contribution in [3.63, 3.8) is 0 Å². The lowest BCUT2D eigenvalue weighted by atomic mass is 10.1. The molecule has 8 nitrogen and oxygen atoms in total. The number of hydrogen-bond acceptors (Lipinski definition) is 7. The van der Waals surface area contributed by atoms with Gasteiger partial charge in [-0.05, 0) is 6.07 Å². The van der Waals surface area contributed by atoms with Gasteiger partial charge in [0.15, 0.2) is 12.0 Å². The van der Waals surface area contributed by atoms with Crippen LogP contribution in [0, 0.1) is 0 Å². The lowest BCUT2D eigenvalue weighted by molar-refractivity contribution is -0.0506. The molecule has 0 aliphatic carbocycles. The molecule has 0 bridgehead atoms. The summed E-state index contributed by atoms with van der Waals surface area (Å²) >= 11 is 0. The van der Waals surface area contributed by atoms with Gasteiger partial charge in [-0.2, -0.15) is 0 Å². The van der Waals surface area contributed by atoms with Gasteiger partial charge in [-0.15, -0.1) is 0 Å². The van der Waals surface area contributed by atoms with Crippen LogP contribution in [-0.4, -0.2) is 54.8 Å². The van der Waals surface area contributed by atoms with Crippen LogP contribution in [0.3, 0.4) is 0 Å². The lowest BCUT2D eigenvalue weighted by Crippen LogP contribution is -2.33. The molecule has 0 spiro atoms. The molecule has 102 valence electrons. The van der Waals surface area contributed by atoms with Gasteiger partial charge in [0.05, 0.1) is 12.1 Å². The van der Waals surface area contributed by atoms with E-state index < -0.39 is 24.5 Å². The summed E-state index contributed by atoms with van der Waals surface area (Å²) in [6.07, 6.45) is -0.984. The highest BCUT2D eigenvalue weighted by atomic mass is 16.6. The minimum atomic E-state index is -1.16. The summed E-state index contributed by atoms with van der Waals surface area (Å²) in [6.45, 7) is -0.375. The second-order valence-corrected chi connectivity index (χ2v) is 4.44. The maximum atomic E-state index is 9.99. The molecule has 1 aliphatic rings. The number of hydrogen-bond donors (Lipinski definition) is 4. The third-order valence-electron chi connectivity index (χ3n) is 3.32. The van der Waals surface area contributed by atoms with E-state index in [1.54, 1.807) is 16.8 Å². The van der Waals surface area contributed by atoms with Gasteiger partial charge in [-0.25, -0.2) is 9.97 Å². The molecule has 0 amide bonds. The molecule has 3 rings (SSSR count). The van der Waals surface area contributed by atoms with Crippen molar-refractivity contribution in [2.24, 2.45) is 0 Å². The molecule has 2 aromatic heterocycles. The van der Waals surface area contributed by atoms with Crippen LogP contribution in [-0.2, 0) is 4.74 Å². The van der Waals surface area contributed by atoms with Crippen molar-refractivity contribution in [3.8, 4) is 0 Å². The van der Waals surface area contributed by atoms with Crippen LogP contribution in [0.4, 0.5) is 5.82 Å². The fraction of sp³-hybridized carbons (Fsp3) is 0.455. The van der Waals surface area contributed by atoms with Gasteiger partial charge in [-0.3, -0.25) is 0 Å². The molecule has 1 aliphatic heterocycles. The van der Waals surface area contributed by atoms with E-state index in [4.69, 9.17) is 15.6 Å². The predicted octanol–water partition coefficient (Wildman–Crippen LogP) is -1.38. The summed E-state index contributed by atoms with van der Waals surface area (Å²) in [5, 5.41) is 28.8. The quantitative estimate of drug-likeness (QED) is 0.528. The maximum Gasteiger partial charge on any atom is 0.163 e. The molecule has 3 heterocycles. The normalized spacial score (nSPS) is 31.1. The zero-order chi connectivity index (χ0) is 13.6. The molecule has 4 atom stereocenters. The highest BCUT2D eigenvalue weighted by Crippen LogP contribution is 2.33. The minimum absolute atomic E-state index is 0.257. The van der Waals surface area contributed by atoms with Crippen LogP contribution < -0.4 is 5.73 Å². The summed E-state index contributed by atoms with van der Waals surface area (Å²) in [5.74, 6) is 0.257. The van der Waals surface area contributed by atoms with E-state index in [0.717, 1.165) is 0 Å². The highest BCUT2D eigenvalue weighted by molar-refractivity contribution is 5.85. The van der Waals surface area contributed by atoms with Gasteiger partial charge in [-0.1, -0.05) is 0 Å². The SMILES string of the molecule is Nc1ncnc2ccn([C@@H]3O[C@H](CO)[C@@H](O)[C@@H]3O)c12. The van der Waals surface area contributed by atoms with E-state index in [1.807, 2.05) is 0 Å². The Morgan fingerprint density at radius 1 is 1.32 bits per heavy atom. The van der Waals surface area contributed by atoms with Crippen LogP contribution in [0.5, 0.6) is 0 Å². The molecule has 2 aromatic rings. The Kier molecular flexibility index (Phi) is 2.86. The Morgan fingerprint density at radius 3 is 2.79 bits per heavy atom. The monoisotopic (exact) mass is 266 g/mol. The molecule has 19 heavy (non-hydrogen) atoms. The Labute approximate surface area is 108 Å². The van der Waals surface area contributed by atoms with Crippen molar-refractivity contribution in [2.75, 3.05) is 12.3 Å². The number of nitrogens with zero attached hydrogens (tertiary/aromatic N) is 3. The number of ether oxygens (including phenoxy) is 1. The zero-order valence-corrected chi connectivity index (χ0v) is 9.92. The topological polar surface area (TPSA) is 127 Å². The number of nitrogen functional groups attached to an aromatic ring is 1. The first-order chi connectivity index (χ1) is 9.13. The molecular weight excluding hydrogens is 252 g/mol.